The Labute approximate surface area is 132 Å². The zero-order chi connectivity index (χ0) is 16.6. The fourth-order valence-electron chi connectivity index (χ4n) is 2.73. The Balaban J connectivity index is 1.85. The molecule has 1 fully saturated rings. The van der Waals surface area contributed by atoms with Gasteiger partial charge in [0.1, 0.15) is 30.5 Å². The largest absolute Gasteiger partial charge is 0.394 e. The number of benzene rings is 1. The first-order valence-corrected chi connectivity index (χ1v) is 7.25. The minimum absolute atomic E-state index is 0.109. The maximum atomic E-state index is 11.5. The molecule has 0 aromatic heterocycles. The van der Waals surface area contributed by atoms with E-state index in [1.54, 1.807) is 12.1 Å². The number of para-hydroxylation sites is 1. The molecule has 1 saturated heterocycles. The molecule has 0 bridgehead atoms. The quantitative estimate of drug-likeness (QED) is 0.397. The third-order valence-corrected chi connectivity index (χ3v) is 4.01. The van der Waals surface area contributed by atoms with Gasteiger partial charge in [-0.1, -0.05) is 24.0 Å². The molecule has 3 unspecified atom stereocenters. The molecule has 1 amide bonds. The summed E-state index contributed by atoms with van der Waals surface area (Å²) in [5.74, 6) is 5.40. The molecule has 2 heterocycles. The summed E-state index contributed by atoms with van der Waals surface area (Å²) in [5, 5.41) is 41.3. The van der Waals surface area contributed by atoms with E-state index in [4.69, 9.17) is 9.84 Å². The van der Waals surface area contributed by atoms with Crippen LogP contribution in [0.25, 0.3) is 0 Å². The standard InChI is InChI=1S/C16H17NO6/c18-7-11-15(21)16(22)14(20)10(23-11)5-4-8-2-1-3-9-6-12(19)17-13(8)9/h1-3,10-11,14-16,18,20-22H,6-7H2,(H,17,19)/t10-,11?,14?,15-,16?/m1/s1. The monoisotopic (exact) mass is 319 g/mol. The van der Waals surface area contributed by atoms with Gasteiger partial charge in [-0.15, -0.1) is 0 Å². The molecule has 1 aromatic rings. The van der Waals surface area contributed by atoms with Crippen molar-refractivity contribution in [1.29, 1.82) is 0 Å². The zero-order valence-electron chi connectivity index (χ0n) is 12.1. The predicted octanol–water partition coefficient (Wildman–Crippen LogP) is -1.62. The normalized spacial score (nSPS) is 32.7. The Morgan fingerprint density at radius 2 is 2.00 bits per heavy atom. The van der Waals surface area contributed by atoms with Gasteiger partial charge in [0.05, 0.1) is 18.7 Å². The van der Waals surface area contributed by atoms with Crippen molar-refractivity contribution in [3.8, 4) is 11.8 Å². The van der Waals surface area contributed by atoms with E-state index in [9.17, 15) is 20.1 Å². The Kier molecular flexibility index (Phi) is 4.35. The lowest BCUT2D eigenvalue weighted by atomic mass is 9.95. The van der Waals surface area contributed by atoms with Crippen LogP contribution in [0.15, 0.2) is 18.2 Å². The summed E-state index contributed by atoms with van der Waals surface area (Å²) in [6.07, 6.45) is -6.01. The number of fused-ring (bicyclic) bond motifs is 1. The van der Waals surface area contributed by atoms with Crippen LogP contribution < -0.4 is 5.32 Å². The van der Waals surface area contributed by atoms with Crippen molar-refractivity contribution in [2.24, 2.45) is 0 Å². The molecule has 0 aliphatic carbocycles. The van der Waals surface area contributed by atoms with Crippen molar-refractivity contribution >= 4 is 11.6 Å². The average molecular weight is 319 g/mol. The molecular weight excluding hydrogens is 302 g/mol. The van der Waals surface area contributed by atoms with Crippen molar-refractivity contribution in [3.05, 3.63) is 29.3 Å². The van der Waals surface area contributed by atoms with Gasteiger partial charge in [-0.3, -0.25) is 4.79 Å². The molecule has 0 saturated carbocycles. The maximum absolute atomic E-state index is 11.5. The third-order valence-electron chi connectivity index (χ3n) is 4.01. The van der Waals surface area contributed by atoms with Crippen LogP contribution >= 0.6 is 0 Å². The molecule has 0 radical (unpaired) electrons. The molecule has 0 spiro atoms. The maximum Gasteiger partial charge on any atom is 0.228 e. The highest BCUT2D eigenvalue weighted by Gasteiger charge is 2.42. The lowest BCUT2D eigenvalue weighted by molar-refractivity contribution is -0.214. The third kappa shape index (κ3) is 2.95. The van der Waals surface area contributed by atoms with Crippen LogP contribution in [0.2, 0.25) is 0 Å². The van der Waals surface area contributed by atoms with Crippen LogP contribution in [0.5, 0.6) is 0 Å². The fourth-order valence-corrected chi connectivity index (χ4v) is 2.73. The minimum atomic E-state index is -1.46. The summed E-state index contributed by atoms with van der Waals surface area (Å²) < 4.78 is 5.32. The number of carbonyl (C=O) groups excluding carboxylic acids is 1. The summed E-state index contributed by atoms with van der Waals surface area (Å²) >= 11 is 0. The molecule has 2 aliphatic heterocycles. The van der Waals surface area contributed by atoms with Gasteiger partial charge in [0.25, 0.3) is 0 Å². The van der Waals surface area contributed by atoms with E-state index >= 15 is 0 Å². The number of hydrogen-bond donors (Lipinski definition) is 5. The predicted molar refractivity (Wildman–Crippen MR) is 79.4 cm³/mol. The van der Waals surface area contributed by atoms with Crippen LogP contribution in [-0.4, -0.2) is 63.5 Å². The number of anilines is 1. The summed E-state index contributed by atoms with van der Waals surface area (Å²) in [7, 11) is 0. The van der Waals surface area contributed by atoms with Crippen LogP contribution in [0.4, 0.5) is 5.69 Å². The van der Waals surface area contributed by atoms with Gasteiger partial charge in [0.15, 0.2) is 0 Å². The SMILES string of the molecule is O=C1Cc2cccc(C#C[C@H]3OC(CO)[C@@H](O)C(O)C3O)c2N1. The lowest BCUT2D eigenvalue weighted by Crippen LogP contribution is -2.58. The number of hydrogen-bond acceptors (Lipinski definition) is 6. The van der Waals surface area contributed by atoms with Crippen molar-refractivity contribution < 1.29 is 30.0 Å². The second-order valence-electron chi connectivity index (χ2n) is 5.58. The summed E-state index contributed by atoms with van der Waals surface area (Å²) in [6, 6.07) is 5.32. The van der Waals surface area contributed by atoms with Crippen LogP contribution in [0.3, 0.4) is 0 Å². The second-order valence-corrected chi connectivity index (χ2v) is 5.58. The van der Waals surface area contributed by atoms with Gasteiger partial charge in [-0.25, -0.2) is 0 Å². The molecule has 5 atom stereocenters. The van der Waals surface area contributed by atoms with Crippen molar-refractivity contribution in [1.82, 2.24) is 0 Å². The van der Waals surface area contributed by atoms with Crippen molar-refractivity contribution in [2.75, 3.05) is 11.9 Å². The smallest absolute Gasteiger partial charge is 0.228 e. The molecule has 7 nitrogen and oxygen atoms in total. The lowest BCUT2D eigenvalue weighted by Gasteiger charge is -2.37. The number of amides is 1. The molecule has 2 aliphatic rings. The first-order valence-electron chi connectivity index (χ1n) is 7.25. The number of aliphatic hydroxyl groups excluding tert-OH is 4. The molecule has 3 rings (SSSR count). The number of aliphatic hydroxyl groups is 4. The highest BCUT2D eigenvalue weighted by atomic mass is 16.5. The summed E-state index contributed by atoms with van der Waals surface area (Å²) in [5.41, 5.74) is 2.05. The van der Waals surface area contributed by atoms with E-state index in [1.165, 1.54) is 0 Å². The van der Waals surface area contributed by atoms with Gasteiger partial charge in [-0.05, 0) is 11.6 Å². The molecule has 122 valence electrons. The fraction of sp³-hybridized carbons (Fsp3) is 0.438. The first-order chi connectivity index (χ1) is 11.0. The first kappa shape index (κ1) is 15.9. The Hall–Kier alpha value is -1.95. The molecule has 5 N–H and O–H groups in total. The van der Waals surface area contributed by atoms with E-state index in [-0.39, 0.29) is 5.91 Å². The van der Waals surface area contributed by atoms with Gasteiger partial charge in [0, 0.05) is 5.56 Å². The molecular formula is C16H17NO6. The molecule has 1 aromatic carbocycles. The van der Waals surface area contributed by atoms with E-state index in [2.05, 4.69) is 17.2 Å². The summed E-state index contributed by atoms with van der Waals surface area (Å²) in [6.45, 7) is -0.500. The van der Waals surface area contributed by atoms with Crippen molar-refractivity contribution in [2.45, 2.75) is 36.9 Å². The van der Waals surface area contributed by atoms with E-state index < -0.39 is 37.1 Å². The van der Waals surface area contributed by atoms with Gasteiger partial charge < -0.3 is 30.5 Å². The van der Waals surface area contributed by atoms with E-state index in [0.29, 0.717) is 17.7 Å². The van der Waals surface area contributed by atoms with Crippen LogP contribution in [-0.2, 0) is 16.0 Å². The molecule has 7 heteroatoms. The Bertz CT molecular complexity index is 677. The minimum Gasteiger partial charge on any atom is -0.394 e. The Morgan fingerprint density at radius 1 is 1.22 bits per heavy atom. The van der Waals surface area contributed by atoms with E-state index in [1.807, 2.05) is 6.07 Å². The van der Waals surface area contributed by atoms with Gasteiger partial charge >= 0.3 is 0 Å². The number of carbonyl (C=O) groups is 1. The highest BCUT2D eigenvalue weighted by molar-refractivity contribution is 6.00. The van der Waals surface area contributed by atoms with Gasteiger partial charge in [-0.2, -0.15) is 0 Å². The topological polar surface area (TPSA) is 119 Å². The highest BCUT2D eigenvalue weighted by Crippen LogP contribution is 2.27. The zero-order valence-corrected chi connectivity index (χ0v) is 12.1. The number of ether oxygens (including phenoxy) is 1. The van der Waals surface area contributed by atoms with E-state index in [0.717, 1.165) is 5.56 Å². The summed E-state index contributed by atoms with van der Waals surface area (Å²) in [4.78, 5) is 11.5. The van der Waals surface area contributed by atoms with Crippen molar-refractivity contribution in [3.63, 3.8) is 0 Å². The Morgan fingerprint density at radius 3 is 2.74 bits per heavy atom. The number of rotatable bonds is 1. The second kappa shape index (κ2) is 6.28. The molecule has 23 heavy (non-hydrogen) atoms. The average Bonchev–Trinajstić information content (AvgIpc) is 2.93. The van der Waals surface area contributed by atoms with Gasteiger partial charge in [0.2, 0.25) is 5.91 Å². The van der Waals surface area contributed by atoms with Crippen LogP contribution in [0.1, 0.15) is 11.1 Å². The van der Waals surface area contributed by atoms with Crippen LogP contribution in [0, 0.1) is 11.8 Å². The number of nitrogens with one attached hydrogen (secondary N) is 1.